The van der Waals surface area contributed by atoms with Gasteiger partial charge in [0.1, 0.15) is 17.2 Å². The van der Waals surface area contributed by atoms with Gasteiger partial charge in [-0.15, -0.1) is 0 Å². The summed E-state index contributed by atoms with van der Waals surface area (Å²) in [5.74, 6) is 1.46. The molecule has 0 aliphatic carbocycles. The third kappa shape index (κ3) is 2.89. The van der Waals surface area contributed by atoms with Gasteiger partial charge >= 0.3 is 0 Å². The van der Waals surface area contributed by atoms with Crippen molar-refractivity contribution in [3.63, 3.8) is 0 Å². The number of hydrogen-bond acceptors (Lipinski definition) is 3. The second kappa shape index (κ2) is 6.83. The third-order valence-corrected chi connectivity index (χ3v) is 4.13. The van der Waals surface area contributed by atoms with E-state index >= 15 is 0 Å². The quantitative estimate of drug-likeness (QED) is 0.747. The average molecular weight is 326 g/mol. The third-order valence-electron chi connectivity index (χ3n) is 4.13. The van der Waals surface area contributed by atoms with Crippen LogP contribution >= 0.6 is 0 Å². The first-order valence-electron chi connectivity index (χ1n) is 8.21. The molecule has 0 spiro atoms. The van der Waals surface area contributed by atoms with Crippen LogP contribution in [0, 0.1) is 6.92 Å². The number of furan rings is 1. The summed E-state index contributed by atoms with van der Waals surface area (Å²) in [7, 11) is 0. The Morgan fingerprint density at radius 1 is 1.29 bits per heavy atom. The van der Waals surface area contributed by atoms with Gasteiger partial charge < -0.3 is 19.0 Å². The number of carbonyl (C=O) groups is 1. The van der Waals surface area contributed by atoms with Gasteiger partial charge in [-0.3, -0.25) is 4.79 Å². The highest BCUT2D eigenvalue weighted by Gasteiger charge is 2.20. The highest BCUT2D eigenvalue weighted by atomic mass is 16.5. The summed E-state index contributed by atoms with van der Waals surface area (Å²) in [4.78, 5) is 12.7. The number of nitrogens with one attached hydrogen (secondary N) is 1. The molecule has 0 radical (unpaired) electrons. The summed E-state index contributed by atoms with van der Waals surface area (Å²) in [6, 6.07) is 9.62. The Kier molecular flexibility index (Phi) is 4.60. The molecule has 0 aliphatic rings. The summed E-state index contributed by atoms with van der Waals surface area (Å²) in [5.41, 5.74) is 2.69. The molecule has 0 saturated carbocycles. The standard InChI is InChI=1S/C19H22N2O3/c1-4-21-17-9-8-14(23-5-2)11-16(17)13(3)18(21)19(22)20-12-15-7-6-10-24-15/h6-11H,4-5,12H2,1-3H3,(H,20,22). The lowest BCUT2D eigenvalue weighted by Crippen LogP contribution is -2.26. The summed E-state index contributed by atoms with van der Waals surface area (Å²) in [6.45, 7) is 7.70. The number of aryl methyl sites for hydroxylation is 2. The number of rotatable bonds is 6. The van der Waals surface area contributed by atoms with Crippen molar-refractivity contribution in [2.24, 2.45) is 0 Å². The van der Waals surface area contributed by atoms with Crippen molar-refractivity contribution in [2.75, 3.05) is 6.61 Å². The van der Waals surface area contributed by atoms with E-state index in [0.29, 0.717) is 18.8 Å². The Morgan fingerprint density at radius 3 is 2.79 bits per heavy atom. The number of benzene rings is 1. The van der Waals surface area contributed by atoms with Crippen molar-refractivity contribution >= 4 is 16.8 Å². The SMILES string of the molecule is CCOc1ccc2c(c1)c(C)c(C(=O)NCc1ccco1)n2CC. The summed E-state index contributed by atoms with van der Waals surface area (Å²) in [5, 5.41) is 3.98. The molecule has 0 atom stereocenters. The highest BCUT2D eigenvalue weighted by Crippen LogP contribution is 2.29. The van der Waals surface area contributed by atoms with Gasteiger partial charge in [-0.1, -0.05) is 0 Å². The van der Waals surface area contributed by atoms with Crippen LogP contribution < -0.4 is 10.1 Å². The fraction of sp³-hybridized carbons (Fsp3) is 0.316. The van der Waals surface area contributed by atoms with Crippen LogP contribution in [-0.4, -0.2) is 17.1 Å². The van der Waals surface area contributed by atoms with E-state index in [4.69, 9.17) is 9.15 Å². The zero-order valence-electron chi connectivity index (χ0n) is 14.3. The number of nitrogens with zero attached hydrogens (tertiary/aromatic N) is 1. The molecule has 5 heteroatoms. The fourth-order valence-corrected chi connectivity index (χ4v) is 3.04. The molecule has 1 aromatic carbocycles. The van der Waals surface area contributed by atoms with Crippen LogP contribution in [0.25, 0.3) is 10.9 Å². The molecule has 2 aromatic heterocycles. The summed E-state index contributed by atoms with van der Waals surface area (Å²) in [6.07, 6.45) is 1.60. The van der Waals surface area contributed by atoms with Gasteiger partial charge in [-0.05, 0) is 56.7 Å². The van der Waals surface area contributed by atoms with E-state index in [1.54, 1.807) is 6.26 Å². The molecule has 5 nitrogen and oxygen atoms in total. The minimum Gasteiger partial charge on any atom is -0.494 e. The first kappa shape index (κ1) is 16.2. The molecule has 126 valence electrons. The van der Waals surface area contributed by atoms with Crippen molar-refractivity contribution in [2.45, 2.75) is 33.9 Å². The first-order valence-corrected chi connectivity index (χ1v) is 8.21. The lowest BCUT2D eigenvalue weighted by Gasteiger charge is -2.09. The van der Waals surface area contributed by atoms with Gasteiger partial charge in [0.15, 0.2) is 0 Å². The molecule has 24 heavy (non-hydrogen) atoms. The van der Waals surface area contributed by atoms with Gasteiger partial charge in [0, 0.05) is 17.4 Å². The van der Waals surface area contributed by atoms with Crippen LogP contribution in [-0.2, 0) is 13.1 Å². The maximum absolute atomic E-state index is 12.7. The Balaban J connectivity index is 1.96. The molecule has 0 fully saturated rings. The van der Waals surface area contributed by atoms with Crippen LogP contribution in [0.1, 0.15) is 35.7 Å². The number of amides is 1. The van der Waals surface area contributed by atoms with E-state index in [1.807, 2.05) is 55.7 Å². The van der Waals surface area contributed by atoms with Crippen LogP contribution in [0.5, 0.6) is 5.75 Å². The number of fused-ring (bicyclic) bond motifs is 1. The molecule has 3 aromatic rings. The summed E-state index contributed by atoms with van der Waals surface area (Å²) >= 11 is 0. The van der Waals surface area contributed by atoms with E-state index in [-0.39, 0.29) is 5.91 Å². The number of carbonyl (C=O) groups excluding carboxylic acids is 1. The maximum Gasteiger partial charge on any atom is 0.268 e. The molecule has 2 heterocycles. The molecule has 0 bridgehead atoms. The number of aromatic nitrogens is 1. The van der Waals surface area contributed by atoms with Crippen LogP contribution in [0.2, 0.25) is 0 Å². The smallest absolute Gasteiger partial charge is 0.268 e. The highest BCUT2D eigenvalue weighted by molar-refractivity contribution is 6.01. The van der Waals surface area contributed by atoms with E-state index in [9.17, 15) is 4.79 Å². The monoisotopic (exact) mass is 326 g/mol. The molecule has 3 rings (SSSR count). The second-order valence-corrected chi connectivity index (χ2v) is 5.59. The molecule has 0 unspecified atom stereocenters. The minimum atomic E-state index is -0.0973. The van der Waals surface area contributed by atoms with E-state index in [2.05, 4.69) is 5.32 Å². The molecule has 1 N–H and O–H groups in total. The Labute approximate surface area is 141 Å². The van der Waals surface area contributed by atoms with Crippen molar-refractivity contribution in [1.82, 2.24) is 9.88 Å². The van der Waals surface area contributed by atoms with Gasteiger partial charge in [0.05, 0.1) is 19.4 Å². The predicted molar refractivity (Wildman–Crippen MR) is 93.4 cm³/mol. The zero-order valence-corrected chi connectivity index (χ0v) is 14.3. The van der Waals surface area contributed by atoms with Crippen LogP contribution in [0.15, 0.2) is 41.0 Å². The van der Waals surface area contributed by atoms with Gasteiger partial charge in [0.25, 0.3) is 5.91 Å². The van der Waals surface area contributed by atoms with Crippen LogP contribution in [0.3, 0.4) is 0 Å². The second-order valence-electron chi connectivity index (χ2n) is 5.59. The summed E-state index contributed by atoms with van der Waals surface area (Å²) < 4.78 is 12.9. The Morgan fingerprint density at radius 2 is 2.12 bits per heavy atom. The molecular formula is C19H22N2O3. The van der Waals surface area contributed by atoms with E-state index < -0.39 is 0 Å². The normalized spacial score (nSPS) is 11.0. The average Bonchev–Trinajstić information content (AvgIpc) is 3.19. The number of hydrogen-bond donors (Lipinski definition) is 1. The van der Waals surface area contributed by atoms with E-state index in [0.717, 1.165) is 34.5 Å². The maximum atomic E-state index is 12.7. The van der Waals surface area contributed by atoms with Gasteiger partial charge in [-0.25, -0.2) is 0 Å². The van der Waals surface area contributed by atoms with Gasteiger partial charge in [0.2, 0.25) is 0 Å². The number of ether oxygens (including phenoxy) is 1. The van der Waals surface area contributed by atoms with Crippen molar-refractivity contribution in [3.05, 3.63) is 53.6 Å². The van der Waals surface area contributed by atoms with Crippen molar-refractivity contribution < 1.29 is 13.9 Å². The van der Waals surface area contributed by atoms with Gasteiger partial charge in [-0.2, -0.15) is 0 Å². The topological polar surface area (TPSA) is 56.4 Å². The lowest BCUT2D eigenvalue weighted by molar-refractivity contribution is 0.0938. The predicted octanol–water partition coefficient (Wildman–Crippen LogP) is 3.89. The molecular weight excluding hydrogens is 304 g/mol. The Hall–Kier alpha value is -2.69. The van der Waals surface area contributed by atoms with Crippen molar-refractivity contribution in [3.8, 4) is 5.75 Å². The molecule has 0 saturated heterocycles. The minimum absolute atomic E-state index is 0.0973. The molecule has 0 aliphatic heterocycles. The lowest BCUT2D eigenvalue weighted by atomic mass is 10.1. The molecule has 1 amide bonds. The first-order chi connectivity index (χ1) is 11.7. The van der Waals surface area contributed by atoms with Crippen molar-refractivity contribution in [1.29, 1.82) is 0 Å². The largest absolute Gasteiger partial charge is 0.494 e. The fourth-order valence-electron chi connectivity index (χ4n) is 3.04. The van der Waals surface area contributed by atoms with E-state index in [1.165, 1.54) is 0 Å². The Bertz CT molecular complexity index is 847. The van der Waals surface area contributed by atoms with Crippen LogP contribution in [0.4, 0.5) is 0 Å². The zero-order chi connectivity index (χ0) is 17.1.